The van der Waals surface area contributed by atoms with Crippen LogP contribution in [0.25, 0.3) is 0 Å². The van der Waals surface area contributed by atoms with Crippen LogP contribution in [0.5, 0.6) is 0 Å². The summed E-state index contributed by atoms with van der Waals surface area (Å²) in [6.45, 7) is 4.77. The first-order valence-electron chi connectivity index (χ1n) is 8.57. The normalized spacial score (nSPS) is 17.3. The van der Waals surface area contributed by atoms with Gasteiger partial charge in [-0.3, -0.25) is 14.6 Å². The highest BCUT2D eigenvalue weighted by Gasteiger charge is 2.42. The number of amides is 2. The molecule has 7 nitrogen and oxygen atoms in total. The Morgan fingerprint density at radius 1 is 1.17 bits per heavy atom. The lowest BCUT2D eigenvalue weighted by Crippen LogP contribution is -2.51. The molecule has 0 unspecified atom stereocenters. The van der Waals surface area contributed by atoms with Gasteiger partial charge in [0.05, 0.1) is 10.8 Å². The second-order valence-electron chi connectivity index (χ2n) is 7.43. The van der Waals surface area contributed by atoms with Crippen LogP contribution in [0.3, 0.4) is 0 Å². The van der Waals surface area contributed by atoms with E-state index in [-0.39, 0.29) is 17.2 Å². The van der Waals surface area contributed by atoms with Gasteiger partial charge in [0.1, 0.15) is 0 Å². The lowest BCUT2D eigenvalue weighted by Gasteiger charge is -2.32. The highest BCUT2D eigenvalue weighted by atomic mass is 16.2. The fraction of sp³-hybridized carbons (Fsp3) is 0.824. The molecule has 1 aliphatic carbocycles. The average Bonchev–Trinajstić information content (AvgIpc) is 3.03. The number of carbonyl (C=O) groups excluding carboxylic acids is 2. The predicted molar refractivity (Wildman–Crippen MR) is 96.8 cm³/mol. The van der Waals surface area contributed by atoms with Crippen LogP contribution in [0.2, 0.25) is 0 Å². The second kappa shape index (κ2) is 8.35. The summed E-state index contributed by atoms with van der Waals surface area (Å²) in [7, 11) is 6.94. The summed E-state index contributed by atoms with van der Waals surface area (Å²) in [5.41, 5.74) is -0.895. The first kappa shape index (κ1) is 20.3. The molecule has 0 heterocycles. The molecule has 0 bridgehead atoms. The Morgan fingerprint density at radius 2 is 1.75 bits per heavy atom. The molecule has 1 rings (SSSR count). The number of nitrogens with zero attached hydrogens (tertiary/aromatic N) is 2. The molecule has 1 saturated carbocycles. The molecule has 0 aromatic carbocycles. The third kappa shape index (κ3) is 4.85. The lowest BCUT2D eigenvalue weighted by molar-refractivity contribution is -0.138. The van der Waals surface area contributed by atoms with Gasteiger partial charge in [0.2, 0.25) is 11.8 Å². The summed E-state index contributed by atoms with van der Waals surface area (Å²) in [6.07, 6.45) is 3.96. The Bertz CT molecular complexity index is 479. The molecule has 24 heavy (non-hydrogen) atoms. The molecule has 0 aromatic heterocycles. The smallest absolute Gasteiger partial charge is 0.230 e. The van der Waals surface area contributed by atoms with E-state index in [0.29, 0.717) is 19.0 Å². The van der Waals surface area contributed by atoms with E-state index in [1.54, 1.807) is 33.1 Å². The van der Waals surface area contributed by atoms with Crippen LogP contribution in [0.1, 0.15) is 39.5 Å². The molecule has 2 amide bonds. The molecule has 3 N–H and O–H groups in total. The van der Waals surface area contributed by atoms with Gasteiger partial charge in [0.15, 0.2) is 5.96 Å². The van der Waals surface area contributed by atoms with Crippen molar-refractivity contribution in [1.29, 1.82) is 0 Å². The number of carbonyl (C=O) groups is 2. The fourth-order valence-corrected chi connectivity index (χ4v) is 3.19. The largest absolute Gasteiger partial charge is 0.359 e. The SMILES string of the molecule is CN=C(NCC(C)(C)C(=O)NC)NCC1(C(=O)N(C)C)CCCC1. The lowest BCUT2D eigenvalue weighted by atomic mass is 9.84. The summed E-state index contributed by atoms with van der Waals surface area (Å²) in [5.74, 6) is 0.763. The summed E-state index contributed by atoms with van der Waals surface area (Å²) < 4.78 is 0. The maximum atomic E-state index is 12.6. The molecule has 0 saturated heterocycles. The van der Waals surface area contributed by atoms with Crippen LogP contribution in [0.15, 0.2) is 4.99 Å². The van der Waals surface area contributed by atoms with Crippen LogP contribution in [-0.4, -0.2) is 64.0 Å². The van der Waals surface area contributed by atoms with Crippen molar-refractivity contribution >= 4 is 17.8 Å². The number of aliphatic imine (C=N–C) groups is 1. The number of hydrogen-bond donors (Lipinski definition) is 3. The van der Waals surface area contributed by atoms with Gasteiger partial charge in [0.25, 0.3) is 0 Å². The van der Waals surface area contributed by atoms with Gasteiger partial charge in [0, 0.05) is 41.3 Å². The van der Waals surface area contributed by atoms with Crippen molar-refractivity contribution in [3.05, 3.63) is 0 Å². The topological polar surface area (TPSA) is 85.8 Å². The monoisotopic (exact) mass is 339 g/mol. The maximum absolute atomic E-state index is 12.6. The number of nitrogens with one attached hydrogen (secondary N) is 3. The third-order valence-corrected chi connectivity index (χ3v) is 4.78. The number of hydrogen-bond acceptors (Lipinski definition) is 3. The van der Waals surface area contributed by atoms with Crippen LogP contribution in [0.4, 0.5) is 0 Å². The minimum atomic E-state index is -0.545. The molecular formula is C17H33N5O2. The van der Waals surface area contributed by atoms with Gasteiger partial charge >= 0.3 is 0 Å². The van der Waals surface area contributed by atoms with Gasteiger partial charge in [-0.25, -0.2) is 0 Å². The van der Waals surface area contributed by atoms with Gasteiger partial charge in [-0.2, -0.15) is 0 Å². The van der Waals surface area contributed by atoms with Gasteiger partial charge in [-0.05, 0) is 26.7 Å². The van der Waals surface area contributed by atoms with Crippen LogP contribution >= 0.6 is 0 Å². The van der Waals surface area contributed by atoms with E-state index in [2.05, 4.69) is 20.9 Å². The highest BCUT2D eigenvalue weighted by Crippen LogP contribution is 2.38. The third-order valence-electron chi connectivity index (χ3n) is 4.78. The standard InChI is InChI=1S/C17H33N5O2/c1-16(2,13(23)18-3)11-20-15(19-4)21-12-17(9-7-8-10-17)14(24)22(5)6/h7-12H2,1-6H3,(H,18,23)(H2,19,20,21). The molecular weight excluding hydrogens is 306 g/mol. The zero-order valence-corrected chi connectivity index (χ0v) is 16.0. The van der Waals surface area contributed by atoms with E-state index >= 15 is 0 Å². The molecule has 1 aliphatic rings. The Kier molecular flexibility index (Phi) is 7.05. The van der Waals surface area contributed by atoms with E-state index in [4.69, 9.17) is 0 Å². The number of guanidine groups is 1. The van der Waals surface area contributed by atoms with E-state index in [1.165, 1.54) is 0 Å². The molecule has 7 heteroatoms. The molecule has 0 atom stereocenters. The Hall–Kier alpha value is -1.79. The molecule has 0 aromatic rings. The van der Waals surface area contributed by atoms with Gasteiger partial charge in [-0.1, -0.05) is 12.8 Å². The van der Waals surface area contributed by atoms with Crippen molar-refractivity contribution in [1.82, 2.24) is 20.9 Å². The van der Waals surface area contributed by atoms with Crippen molar-refractivity contribution in [3.8, 4) is 0 Å². The minimum Gasteiger partial charge on any atom is -0.359 e. The zero-order chi connectivity index (χ0) is 18.4. The van der Waals surface area contributed by atoms with Crippen LogP contribution in [-0.2, 0) is 9.59 Å². The summed E-state index contributed by atoms with van der Waals surface area (Å²) in [5, 5.41) is 9.13. The first-order chi connectivity index (χ1) is 11.2. The van der Waals surface area contributed by atoms with Crippen LogP contribution in [0, 0.1) is 10.8 Å². The Morgan fingerprint density at radius 3 is 2.21 bits per heavy atom. The second-order valence-corrected chi connectivity index (χ2v) is 7.43. The molecule has 1 fully saturated rings. The van der Waals surface area contributed by atoms with Crippen molar-refractivity contribution in [2.24, 2.45) is 15.8 Å². The number of rotatable bonds is 6. The minimum absolute atomic E-state index is 0.0273. The Labute approximate surface area is 145 Å². The molecule has 0 spiro atoms. The van der Waals surface area contributed by atoms with Gasteiger partial charge in [-0.15, -0.1) is 0 Å². The average molecular weight is 339 g/mol. The van der Waals surface area contributed by atoms with E-state index in [0.717, 1.165) is 25.7 Å². The predicted octanol–water partition coefficient (Wildman–Crippen LogP) is 0.572. The molecule has 138 valence electrons. The van der Waals surface area contributed by atoms with Crippen molar-refractivity contribution in [2.75, 3.05) is 41.3 Å². The first-order valence-corrected chi connectivity index (χ1v) is 8.57. The van der Waals surface area contributed by atoms with E-state index in [1.807, 2.05) is 13.8 Å². The fourth-order valence-electron chi connectivity index (χ4n) is 3.19. The quantitative estimate of drug-likeness (QED) is 0.488. The van der Waals surface area contributed by atoms with E-state index < -0.39 is 5.41 Å². The molecule has 0 aliphatic heterocycles. The summed E-state index contributed by atoms with van der Waals surface area (Å²) >= 11 is 0. The van der Waals surface area contributed by atoms with Crippen molar-refractivity contribution < 1.29 is 9.59 Å². The van der Waals surface area contributed by atoms with Crippen LogP contribution < -0.4 is 16.0 Å². The van der Waals surface area contributed by atoms with E-state index in [9.17, 15) is 9.59 Å². The highest BCUT2D eigenvalue weighted by molar-refractivity contribution is 5.86. The summed E-state index contributed by atoms with van der Waals surface area (Å²) in [4.78, 5) is 30.3. The van der Waals surface area contributed by atoms with Crippen molar-refractivity contribution in [2.45, 2.75) is 39.5 Å². The molecule has 0 radical (unpaired) electrons. The summed E-state index contributed by atoms with van der Waals surface area (Å²) in [6, 6.07) is 0. The maximum Gasteiger partial charge on any atom is 0.230 e. The zero-order valence-electron chi connectivity index (χ0n) is 16.0. The van der Waals surface area contributed by atoms with Gasteiger partial charge < -0.3 is 20.9 Å². The Balaban J connectivity index is 2.65. The van der Waals surface area contributed by atoms with Crippen molar-refractivity contribution in [3.63, 3.8) is 0 Å².